The van der Waals surface area contributed by atoms with Crippen LogP contribution in [-0.4, -0.2) is 13.1 Å². The highest BCUT2D eigenvalue weighted by Gasteiger charge is 2.14. The first-order valence-corrected chi connectivity index (χ1v) is 7.46. The van der Waals surface area contributed by atoms with Crippen molar-refractivity contribution in [2.24, 2.45) is 11.8 Å². The lowest BCUT2D eigenvalue weighted by atomic mass is 9.90. The Labute approximate surface area is 118 Å². The van der Waals surface area contributed by atoms with E-state index in [1.54, 1.807) is 12.1 Å². The van der Waals surface area contributed by atoms with Crippen molar-refractivity contribution in [3.05, 3.63) is 34.1 Å². The van der Waals surface area contributed by atoms with Crippen molar-refractivity contribution in [3.8, 4) is 0 Å². The van der Waals surface area contributed by atoms with Crippen LogP contribution in [0.2, 0.25) is 0 Å². The second-order valence-electron chi connectivity index (χ2n) is 5.24. The van der Waals surface area contributed by atoms with Gasteiger partial charge in [0.1, 0.15) is 5.82 Å². The molecule has 0 aliphatic heterocycles. The van der Waals surface area contributed by atoms with E-state index < -0.39 is 0 Å². The molecular formula is C15H23BrFN. The highest BCUT2D eigenvalue weighted by atomic mass is 79.9. The molecule has 0 spiro atoms. The number of hydrogen-bond acceptors (Lipinski definition) is 1. The van der Waals surface area contributed by atoms with Crippen molar-refractivity contribution in [3.63, 3.8) is 0 Å². The van der Waals surface area contributed by atoms with Crippen molar-refractivity contribution in [1.82, 2.24) is 5.32 Å². The zero-order valence-electron chi connectivity index (χ0n) is 11.5. The molecule has 0 amide bonds. The molecule has 3 heteroatoms. The highest BCUT2D eigenvalue weighted by Crippen LogP contribution is 2.22. The van der Waals surface area contributed by atoms with Crippen LogP contribution in [0.1, 0.15) is 32.8 Å². The Morgan fingerprint density at radius 3 is 2.67 bits per heavy atom. The number of rotatable bonds is 7. The summed E-state index contributed by atoms with van der Waals surface area (Å²) in [5.74, 6) is 1.04. The van der Waals surface area contributed by atoms with E-state index >= 15 is 0 Å². The van der Waals surface area contributed by atoms with Crippen LogP contribution in [0.4, 0.5) is 4.39 Å². The van der Waals surface area contributed by atoms with Crippen LogP contribution in [0.25, 0.3) is 0 Å². The lowest BCUT2D eigenvalue weighted by molar-refractivity contribution is 0.384. The SMILES string of the molecule is CCNCC(Cc1cc(Br)ccc1F)CC(C)C. The highest BCUT2D eigenvalue weighted by molar-refractivity contribution is 9.10. The summed E-state index contributed by atoms with van der Waals surface area (Å²) in [6.45, 7) is 8.47. The summed E-state index contributed by atoms with van der Waals surface area (Å²) in [7, 11) is 0. The number of benzene rings is 1. The minimum absolute atomic E-state index is 0.0940. The van der Waals surface area contributed by atoms with E-state index in [2.05, 4.69) is 42.0 Å². The fraction of sp³-hybridized carbons (Fsp3) is 0.600. The average Bonchev–Trinajstić information content (AvgIpc) is 2.30. The predicted molar refractivity (Wildman–Crippen MR) is 79.3 cm³/mol. The number of nitrogens with one attached hydrogen (secondary N) is 1. The van der Waals surface area contributed by atoms with Gasteiger partial charge in [0.2, 0.25) is 0 Å². The van der Waals surface area contributed by atoms with Crippen LogP contribution in [0, 0.1) is 17.7 Å². The van der Waals surface area contributed by atoms with E-state index in [4.69, 9.17) is 0 Å². The van der Waals surface area contributed by atoms with Gasteiger partial charge >= 0.3 is 0 Å². The molecule has 102 valence electrons. The zero-order valence-corrected chi connectivity index (χ0v) is 13.1. The molecule has 0 fully saturated rings. The third kappa shape index (κ3) is 5.49. The number of hydrogen-bond donors (Lipinski definition) is 1. The van der Waals surface area contributed by atoms with Gasteiger partial charge in [-0.25, -0.2) is 4.39 Å². The van der Waals surface area contributed by atoms with Crippen molar-refractivity contribution in [1.29, 1.82) is 0 Å². The van der Waals surface area contributed by atoms with E-state index in [1.807, 2.05) is 6.07 Å². The minimum Gasteiger partial charge on any atom is -0.317 e. The quantitative estimate of drug-likeness (QED) is 0.786. The molecule has 18 heavy (non-hydrogen) atoms. The minimum atomic E-state index is -0.0940. The van der Waals surface area contributed by atoms with Crippen molar-refractivity contribution < 1.29 is 4.39 Å². The Hall–Kier alpha value is -0.410. The van der Waals surface area contributed by atoms with Crippen LogP contribution in [-0.2, 0) is 6.42 Å². The maximum absolute atomic E-state index is 13.7. The summed E-state index contributed by atoms with van der Waals surface area (Å²) in [6, 6.07) is 5.19. The molecule has 1 nitrogen and oxygen atoms in total. The lowest BCUT2D eigenvalue weighted by Gasteiger charge is -2.20. The van der Waals surface area contributed by atoms with Gasteiger partial charge in [0.15, 0.2) is 0 Å². The zero-order chi connectivity index (χ0) is 13.5. The Morgan fingerprint density at radius 2 is 2.06 bits per heavy atom. The molecule has 1 atom stereocenters. The smallest absolute Gasteiger partial charge is 0.126 e. The fourth-order valence-corrected chi connectivity index (χ4v) is 2.67. The Bertz CT molecular complexity index is 366. The molecule has 1 aromatic carbocycles. The van der Waals surface area contributed by atoms with Gasteiger partial charge < -0.3 is 5.32 Å². The van der Waals surface area contributed by atoms with Gasteiger partial charge in [-0.2, -0.15) is 0 Å². The molecule has 0 heterocycles. The van der Waals surface area contributed by atoms with E-state index in [9.17, 15) is 4.39 Å². The molecule has 0 aromatic heterocycles. The topological polar surface area (TPSA) is 12.0 Å². The second-order valence-corrected chi connectivity index (χ2v) is 6.16. The van der Waals surface area contributed by atoms with Gasteiger partial charge in [-0.05, 0) is 61.5 Å². The van der Waals surface area contributed by atoms with Gasteiger partial charge in [0.25, 0.3) is 0 Å². The van der Waals surface area contributed by atoms with Gasteiger partial charge in [-0.15, -0.1) is 0 Å². The molecule has 0 aliphatic carbocycles. The van der Waals surface area contributed by atoms with Gasteiger partial charge in [0.05, 0.1) is 0 Å². The molecule has 0 bridgehead atoms. The lowest BCUT2D eigenvalue weighted by Crippen LogP contribution is -2.25. The van der Waals surface area contributed by atoms with E-state index in [0.29, 0.717) is 11.8 Å². The Morgan fingerprint density at radius 1 is 1.33 bits per heavy atom. The Kier molecular flexibility index (Phi) is 6.87. The number of halogens is 2. The average molecular weight is 316 g/mol. The molecule has 1 aromatic rings. The largest absolute Gasteiger partial charge is 0.317 e. The molecule has 0 saturated heterocycles. The first kappa shape index (κ1) is 15.6. The first-order valence-electron chi connectivity index (χ1n) is 6.67. The molecule has 0 aliphatic rings. The van der Waals surface area contributed by atoms with Crippen LogP contribution in [0.15, 0.2) is 22.7 Å². The fourth-order valence-electron chi connectivity index (χ4n) is 2.26. The summed E-state index contributed by atoms with van der Waals surface area (Å²) >= 11 is 3.41. The molecular weight excluding hydrogens is 293 g/mol. The molecule has 0 radical (unpaired) electrons. The third-order valence-corrected chi connectivity index (χ3v) is 3.50. The summed E-state index contributed by atoms with van der Waals surface area (Å²) in [4.78, 5) is 0. The van der Waals surface area contributed by atoms with Crippen LogP contribution >= 0.6 is 15.9 Å². The maximum atomic E-state index is 13.7. The monoisotopic (exact) mass is 315 g/mol. The summed E-state index contributed by atoms with van der Waals surface area (Å²) < 4.78 is 14.7. The van der Waals surface area contributed by atoms with Crippen molar-refractivity contribution >= 4 is 15.9 Å². The van der Waals surface area contributed by atoms with Crippen LogP contribution < -0.4 is 5.32 Å². The second kappa shape index (κ2) is 7.90. The molecule has 1 rings (SSSR count). The summed E-state index contributed by atoms with van der Waals surface area (Å²) in [5, 5.41) is 3.37. The third-order valence-electron chi connectivity index (χ3n) is 3.00. The molecule has 0 saturated carbocycles. The van der Waals surface area contributed by atoms with E-state index in [0.717, 1.165) is 36.0 Å². The van der Waals surface area contributed by atoms with Crippen molar-refractivity contribution in [2.45, 2.75) is 33.6 Å². The van der Waals surface area contributed by atoms with E-state index in [-0.39, 0.29) is 5.82 Å². The van der Waals surface area contributed by atoms with Gasteiger partial charge in [0, 0.05) is 4.47 Å². The van der Waals surface area contributed by atoms with Gasteiger partial charge in [-0.3, -0.25) is 0 Å². The normalized spacial score (nSPS) is 13.0. The Balaban J connectivity index is 2.71. The van der Waals surface area contributed by atoms with Gasteiger partial charge in [-0.1, -0.05) is 36.7 Å². The van der Waals surface area contributed by atoms with E-state index in [1.165, 1.54) is 0 Å². The van der Waals surface area contributed by atoms with Crippen LogP contribution in [0.5, 0.6) is 0 Å². The van der Waals surface area contributed by atoms with Crippen LogP contribution in [0.3, 0.4) is 0 Å². The molecule has 1 unspecified atom stereocenters. The molecule has 1 N–H and O–H groups in total. The van der Waals surface area contributed by atoms with Crippen molar-refractivity contribution in [2.75, 3.05) is 13.1 Å². The first-order chi connectivity index (χ1) is 8.52. The standard InChI is InChI=1S/C15H23BrFN/c1-4-18-10-12(7-11(2)3)8-13-9-14(16)5-6-15(13)17/h5-6,9,11-12,18H,4,7-8,10H2,1-3H3. The summed E-state index contributed by atoms with van der Waals surface area (Å²) in [5.41, 5.74) is 0.813. The predicted octanol–water partition coefficient (Wildman–Crippen LogP) is 4.40. The summed E-state index contributed by atoms with van der Waals surface area (Å²) in [6.07, 6.45) is 1.93. The maximum Gasteiger partial charge on any atom is 0.126 e.